The molecule has 0 spiro atoms. The van der Waals surface area contributed by atoms with Crippen molar-refractivity contribution in [2.24, 2.45) is 0 Å². The van der Waals surface area contributed by atoms with E-state index >= 15 is 0 Å². The van der Waals surface area contributed by atoms with Crippen molar-refractivity contribution in [3.8, 4) is 0 Å². The molecule has 0 aliphatic carbocycles. The van der Waals surface area contributed by atoms with E-state index in [1.807, 2.05) is 0 Å². The Morgan fingerprint density at radius 1 is 1.71 bits per heavy atom. The first-order valence-corrected chi connectivity index (χ1v) is 1.75. The number of hydrogen-bond acceptors (Lipinski definition) is 3. The van der Waals surface area contributed by atoms with Crippen molar-refractivity contribution >= 4 is 5.97 Å². The van der Waals surface area contributed by atoms with E-state index in [-0.39, 0.29) is 13.0 Å². The second-order valence-electron chi connectivity index (χ2n) is 0.977. The fourth-order valence-electron chi connectivity index (χ4n) is 0.133. The highest BCUT2D eigenvalue weighted by atomic mass is 17.1. The summed E-state index contributed by atoms with van der Waals surface area (Å²) in [5.74, 6) is -0.978. The minimum Gasteiger partial charge on any atom is -0.481 e. The van der Waals surface area contributed by atoms with E-state index < -0.39 is 5.97 Å². The molecule has 0 aromatic rings. The van der Waals surface area contributed by atoms with Crippen molar-refractivity contribution in [2.75, 3.05) is 6.61 Å². The fraction of sp³-hybridized carbons (Fsp3) is 0.667. The molecule has 0 fully saturated rings. The van der Waals surface area contributed by atoms with Gasteiger partial charge in [0.05, 0.1) is 13.0 Å². The Bertz CT molecular complexity index is 60.0. The SMILES string of the molecule is O=C(O)CCOO. The summed E-state index contributed by atoms with van der Waals surface area (Å²) in [7, 11) is 0. The topological polar surface area (TPSA) is 66.8 Å². The van der Waals surface area contributed by atoms with Crippen molar-refractivity contribution < 1.29 is 20.0 Å². The van der Waals surface area contributed by atoms with Gasteiger partial charge in [-0.25, -0.2) is 4.89 Å². The predicted octanol–water partition coefficient (Wildman–Crippen LogP) is -0.0493. The van der Waals surface area contributed by atoms with Gasteiger partial charge >= 0.3 is 5.97 Å². The minimum absolute atomic E-state index is 0.144. The molecule has 0 rings (SSSR count). The lowest BCUT2D eigenvalue weighted by Gasteiger charge is -1.86. The minimum atomic E-state index is -0.978. The fourth-order valence-corrected chi connectivity index (χ4v) is 0.133. The van der Waals surface area contributed by atoms with Crippen LogP contribution in [0.25, 0.3) is 0 Å². The summed E-state index contributed by atoms with van der Waals surface area (Å²) in [5.41, 5.74) is 0. The first kappa shape index (κ1) is 6.39. The third-order valence-corrected chi connectivity index (χ3v) is 0.407. The summed E-state index contributed by atoms with van der Waals surface area (Å²) >= 11 is 0. The maximum Gasteiger partial charge on any atom is 0.305 e. The van der Waals surface area contributed by atoms with Crippen LogP contribution in [0.3, 0.4) is 0 Å². The molecule has 4 heteroatoms. The lowest BCUT2D eigenvalue weighted by molar-refractivity contribution is -0.243. The average molecular weight is 106 g/mol. The Morgan fingerprint density at radius 3 is 2.43 bits per heavy atom. The molecule has 42 valence electrons. The van der Waals surface area contributed by atoms with Crippen LogP contribution >= 0.6 is 0 Å². The van der Waals surface area contributed by atoms with Crippen molar-refractivity contribution in [2.45, 2.75) is 6.42 Å². The third-order valence-electron chi connectivity index (χ3n) is 0.407. The lowest BCUT2D eigenvalue weighted by atomic mass is 10.5. The highest BCUT2D eigenvalue weighted by molar-refractivity contribution is 5.66. The molecule has 0 atom stereocenters. The zero-order valence-electron chi connectivity index (χ0n) is 3.63. The van der Waals surface area contributed by atoms with Gasteiger partial charge in [0.2, 0.25) is 0 Å². The molecule has 0 aromatic carbocycles. The Balaban J connectivity index is 2.82. The van der Waals surface area contributed by atoms with Crippen LogP contribution in [0.1, 0.15) is 6.42 Å². The van der Waals surface area contributed by atoms with Crippen LogP contribution in [0.15, 0.2) is 0 Å². The molecule has 0 amide bonds. The van der Waals surface area contributed by atoms with E-state index in [2.05, 4.69) is 4.89 Å². The van der Waals surface area contributed by atoms with Crippen LogP contribution in [0.5, 0.6) is 0 Å². The van der Waals surface area contributed by atoms with Crippen LogP contribution in [-0.2, 0) is 9.68 Å². The molecule has 0 bridgehead atoms. The van der Waals surface area contributed by atoms with Gasteiger partial charge in [0.25, 0.3) is 0 Å². The normalized spacial score (nSPS) is 8.71. The van der Waals surface area contributed by atoms with Gasteiger partial charge in [-0.1, -0.05) is 0 Å². The van der Waals surface area contributed by atoms with Gasteiger partial charge in [0.1, 0.15) is 0 Å². The quantitative estimate of drug-likeness (QED) is 0.391. The number of carboxylic acid groups (broad SMARTS) is 1. The van der Waals surface area contributed by atoms with Crippen LogP contribution < -0.4 is 0 Å². The second-order valence-corrected chi connectivity index (χ2v) is 0.977. The summed E-state index contributed by atoms with van der Waals surface area (Å²) in [6.07, 6.45) is -0.156. The van der Waals surface area contributed by atoms with Crippen molar-refractivity contribution in [3.05, 3.63) is 0 Å². The number of carbonyl (C=O) groups is 1. The van der Waals surface area contributed by atoms with Gasteiger partial charge in [-0.05, 0) is 0 Å². The molecule has 2 N–H and O–H groups in total. The molecule has 0 unspecified atom stereocenters. The van der Waals surface area contributed by atoms with Gasteiger partial charge in [-0.3, -0.25) is 10.1 Å². The second kappa shape index (κ2) is 3.58. The molecule has 0 saturated heterocycles. The molecule has 0 aliphatic rings. The zero-order valence-corrected chi connectivity index (χ0v) is 3.63. The molecule has 0 heterocycles. The van der Waals surface area contributed by atoms with E-state index in [0.29, 0.717) is 0 Å². The molecule has 0 aliphatic heterocycles. The Morgan fingerprint density at radius 2 is 2.29 bits per heavy atom. The van der Waals surface area contributed by atoms with Crippen LogP contribution in [0.4, 0.5) is 0 Å². The molecule has 7 heavy (non-hydrogen) atoms. The van der Waals surface area contributed by atoms with E-state index in [1.54, 1.807) is 0 Å². The summed E-state index contributed by atoms with van der Waals surface area (Å²) in [4.78, 5) is 13.0. The van der Waals surface area contributed by atoms with Gasteiger partial charge in [0, 0.05) is 0 Å². The molecule has 4 nitrogen and oxygen atoms in total. The molecular weight excluding hydrogens is 100 g/mol. The summed E-state index contributed by atoms with van der Waals surface area (Å²) in [5, 5.41) is 15.4. The number of carboxylic acids is 1. The molecule has 0 aromatic heterocycles. The van der Waals surface area contributed by atoms with E-state index in [0.717, 1.165) is 0 Å². The number of aliphatic carboxylic acids is 1. The number of hydrogen-bond donors (Lipinski definition) is 2. The average Bonchev–Trinajstić information content (AvgIpc) is 1.61. The van der Waals surface area contributed by atoms with E-state index in [1.165, 1.54) is 0 Å². The zero-order chi connectivity index (χ0) is 5.70. The number of rotatable bonds is 3. The first-order chi connectivity index (χ1) is 3.27. The van der Waals surface area contributed by atoms with E-state index in [4.69, 9.17) is 10.4 Å². The van der Waals surface area contributed by atoms with Crippen molar-refractivity contribution in [1.82, 2.24) is 0 Å². The van der Waals surface area contributed by atoms with Gasteiger partial charge < -0.3 is 5.11 Å². The largest absolute Gasteiger partial charge is 0.481 e. The highest BCUT2D eigenvalue weighted by Crippen LogP contribution is 1.76. The van der Waals surface area contributed by atoms with Gasteiger partial charge in [-0.2, -0.15) is 0 Å². The monoisotopic (exact) mass is 106 g/mol. The van der Waals surface area contributed by atoms with Crippen LogP contribution in [-0.4, -0.2) is 22.9 Å². The summed E-state index contributed by atoms with van der Waals surface area (Å²) in [6.45, 7) is -0.144. The predicted molar refractivity (Wildman–Crippen MR) is 20.8 cm³/mol. The Hall–Kier alpha value is -0.610. The molecular formula is C3H6O4. The first-order valence-electron chi connectivity index (χ1n) is 1.75. The van der Waals surface area contributed by atoms with Crippen LogP contribution in [0.2, 0.25) is 0 Å². The standard InChI is InChI=1S/C3H6O4/c4-3(5)1-2-7-6/h6H,1-2H2,(H,4,5). The van der Waals surface area contributed by atoms with Crippen molar-refractivity contribution in [1.29, 1.82) is 0 Å². The van der Waals surface area contributed by atoms with Gasteiger partial charge in [-0.15, -0.1) is 0 Å². The summed E-state index contributed by atoms with van der Waals surface area (Å²) < 4.78 is 0. The maximum absolute atomic E-state index is 9.57. The lowest BCUT2D eigenvalue weighted by Crippen LogP contribution is -1.99. The highest BCUT2D eigenvalue weighted by Gasteiger charge is 1.92. The summed E-state index contributed by atoms with van der Waals surface area (Å²) in [6, 6.07) is 0. The Labute approximate surface area is 40.3 Å². The Kier molecular flexibility index (Phi) is 3.26. The third kappa shape index (κ3) is 5.39. The molecule has 0 radical (unpaired) electrons. The van der Waals surface area contributed by atoms with Crippen LogP contribution in [0, 0.1) is 0 Å². The molecule has 0 saturated carbocycles. The van der Waals surface area contributed by atoms with E-state index in [9.17, 15) is 4.79 Å². The van der Waals surface area contributed by atoms with Gasteiger partial charge in [0.15, 0.2) is 0 Å². The smallest absolute Gasteiger partial charge is 0.305 e. The van der Waals surface area contributed by atoms with Crippen molar-refractivity contribution in [3.63, 3.8) is 0 Å². The maximum atomic E-state index is 9.57.